The molecule has 4 aromatic rings. The maximum atomic E-state index is 13.6. The fraction of sp³-hybridized carbons (Fsp3) is 0.414. The monoisotopic (exact) mass is 559 g/mol. The summed E-state index contributed by atoms with van der Waals surface area (Å²) in [6, 6.07) is 10.8. The first kappa shape index (κ1) is 27.7. The smallest absolute Gasteiger partial charge is 0.314 e. The summed E-state index contributed by atoms with van der Waals surface area (Å²) < 4.78 is 7.54. The number of likely N-dealkylation sites (tertiary alicyclic amines) is 1. The number of rotatable bonds is 7. The largest absolute Gasteiger partial charge is 0.383 e. The third kappa shape index (κ3) is 6.00. The molecule has 4 heterocycles. The minimum absolute atomic E-state index is 0.204. The molecule has 210 valence electrons. The second kappa shape index (κ2) is 11.3. The average molecular weight is 560 g/mol. The molecule has 3 N–H and O–H groups in total. The summed E-state index contributed by atoms with van der Waals surface area (Å²) in [4.78, 5) is 37.4. The van der Waals surface area contributed by atoms with Gasteiger partial charge in [0, 0.05) is 32.8 Å². The van der Waals surface area contributed by atoms with Gasteiger partial charge in [-0.1, -0.05) is 44.8 Å². The van der Waals surface area contributed by atoms with Gasteiger partial charge < -0.3 is 20.7 Å². The Kier molecular flexibility index (Phi) is 7.86. The highest BCUT2D eigenvalue weighted by Gasteiger charge is 2.34. The van der Waals surface area contributed by atoms with Crippen molar-refractivity contribution < 1.29 is 14.3 Å². The Morgan fingerprint density at radius 2 is 1.98 bits per heavy atom. The van der Waals surface area contributed by atoms with Gasteiger partial charge in [0.05, 0.1) is 40.5 Å². The van der Waals surface area contributed by atoms with E-state index >= 15 is 0 Å². The molecule has 2 atom stereocenters. The lowest BCUT2D eigenvalue weighted by Crippen LogP contribution is -2.46. The highest BCUT2D eigenvalue weighted by atomic mass is 28.3. The van der Waals surface area contributed by atoms with E-state index in [2.05, 4.69) is 46.9 Å². The van der Waals surface area contributed by atoms with Gasteiger partial charge in [-0.25, -0.2) is 9.67 Å². The summed E-state index contributed by atoms with van der Waals surface area (Å²) in [6.45, 7) is 10.3. The van der Waals surface area contributed by atoms with Crippen LogP contribution in [0.15, 0.2) is 48.9 Å². The molecule has 0 saturated carbocycles. The van der Waals surface area contributed by atoms with Crippen LogP contribution in [0, 0.1) is 5.92 Å². The number of aromatic nitrogens is 4. The second-order valence-electron chi connectivity index (χ2n) is 11.9. The summed E-state index contributed by atoms with van der Waals surface area (Å²) in [5.41, 5.74) is 8.89. The molecule has 5 rings (SSSR count). The molecule has 0 radical (unpaired) electrons. The maximum Gasteiger partial charge on any atom is 0.314 e. The molecular formula is C29H37N7O3Si. The zero-order valence-electron chi connectivity index (χ0n) is 23.6. The number of nitrogens with two attached hydrogens (primary N) is 1. The van der Waals surface area contributed by atoms with Crippen LogP contribution in [0.2, 0.25) is 25.7 Å². The van der Waals surface area contributed by atoms with Gasteiger partial charge in [-0.3, -0.25) is 14.6 Å². The standard InChI is InChI=1S/C29H37N7O3Si/c1-19-7-10-25(21-9-8-20-6-5-11-31-23(20)14-21)35(17-19)29(38)28(37)34-24-16-32-27(30)22-15-33-36(26(22)24)18-39-12-13-40(2,3)4/h5-6,8-9,11,14-16,19,25H,7,10,12-13,17-18H2,1-4H3,(H2,30,32)(H,34,37)/t19-,25+/m0/s1. The fourth-order valence-electron chi connectivity index (χ4n) is 5.16. The molecule has 1 saturated heterocycles. The number of hydrogen-bond acceptors (Lipinski definition) is 7. The quantitative estimate of drug-likeness (QED) is 0.189. The van der Waals surface area contributed by atoms with E-state index in [4.69, 9.17) is 10.5 Å². The van der Waals surface area contributed by atoms with Crippen molar-refractivity contribution in [1.29, 1.82) is 0 Å². The van der Waals surface area contributed by atoms with Gasteiger partial charge in [-0.05, 0) is 42.5 Å². The number of nitrogens with one attached hydrogen (secondary N) is 1. The lowest BCUT2D eigenvalue weighted by molar-refractivity contribution is -0.146. The molecule has 2 amide bonds. The number of amides is 2. The summed E-state index contributed by atoms with van der Waals surface area (Å²) >= 11 is 0. The molecule has 1 aromatic carbocycles. The molecule has 40 heavy (non-hydrogen) atoms. The molecule has 0 aliphatic carbocycles. The number of nitrogens with zero attached hydrogens (tertiary/aromatic N) is 5. The number of hydrogen-bond donors (Lipinski definition) is 2. The van der Waals surface area contributed by atoms with Gasteiger partial charge in [-0.15, -0.1) is 0 Å². The summed E-state index contributed by atoms with van der Waals surface area (Å²) in [5.74, 6) is -0.730. The van der Waals surface area contributed by atoms with Crippen molar-refractivity contribution in [1.82, 2.24) is 24.6 Å². The Morgan fingerprint density at radius 3 is 2.77 bits per heavy atom. The predicted octanol–water partition coefficient (Wildman–Crippen LogP) is 4.81. The molecule has 1 aliphatic rings. The van der Waals surface area contributed by atoms with Crippen molar-refractivity contribution in [2.45, 2.75) is 58.2 Å². The summed E-state index contributed by atoms with van der Waals surface area (Å²) in [6.07, 6.45) is 6.57. The van der Waals surface area contributed by atoms with Crippen molar-refractivity contribution in [2.75, 3.05) is 24.2 Å². The average Bonchev–Trinajstić information content (AvgIpc) is 3.36. The molecule has 0 unspecified atom stereocenters. The van der Waals surface area contributed by atoms with Gasteiger partial charge in [0.15, 0.2) is 0 Å². The van der Waals surface area contributed by atoms with E-state index in [0.717, 1.165) is 35.4 Å². The van der Waals surface area contributed by atoms with Crippen LogP contribution in [0.1, 0.15) is 31.4 Å². The second-order valence-corrected chi connectivity index (χ2v) is 17.5. The van der Waals surface area contributed by atoms with Crippen LogP contribution in [0.3, 0.4) is 0 Å². The normalized spacial score (nSPS) is 17.9. The van der Waals surface area contributed by atoms with Gasteiger partial charge in [0.1, 0.15) is 12.5 Å². The summed E-state index contributed by atoms with van der Waals surface area (Å²) in [7, 11) is -1.24. The van der Waals surface area contributed by atoms with E-state index in [-0.39, 0.29) is 18.7 Å². The van der Waals surface area contributed by atoms with Crippen LogP contribution >= 0.6 is 0 Å². The summed E-state index contributed by atoms with van der Waals surface area (Å²) in [5, 5.41) is 8.83. The Balaban J connectivity index is 1.37. The minimum atomic E-state index is -1.24. The molecular weight excluding hydrogens is 522 g/mol. The van der Waals surface area contributed by atoms with Crippen molar-refractivity contribution in [2.24, 2.45) is 5.92 Å². The molecule has 11 heteroatoms. The van der Waals surface area contributed by atoms with Gasteiger partial charge in [-0.2, -0.15) is 5.10 Å². The fourth-order valence-corrected chi connectivity index (χ4v) is 5.92. The number of benzene rings is 1. The van der Waals surface area contributed by atoms with Gasteiger partial charge in [0.25, 0.3) is 0 Å². The number of fused-ring (bicyclic) bond motifs is 2. The van der Waals surface area contributed by atoms with Crippen LogP contribution in [-0.4, -0.2) is 57.7 Å². The number of carbonyl (C=O) groups is 2. The van der Waals surface area contributed by atoms with E-state index < -0.39 is 19.9 Å². The third-order valence-electron chi connectivity index (χ3n) is 7.45. The first-order valence-corrected chi connectivity index (χ1v) is 17.5. The van der Waals surface area contributed by atoms with Crippen molar-refractivity contribution in [3.63, 3.8) is 0 Å². The zero-order chi connectivity index (χ0) is 28.4. The maximum absolute atomic E-state index is 13.6. The van der Waals surface area contributed by atoms with E-state index in [0.29, 0.717) is 35.6 Å². The Morgan fingerprint density at radius 1 is 1.15 bits per heavy atom. The number of ether oxygens (including phenoxy) is 1. The lowest BCUT2D eigenvalue weighted by Gasteiger charge is -2.38. The van der Waals surface area contributed by atoms with Gasteiger partial charge in [0.2, 0.25) is 0 Å². The molecule has 10 nitrogen and oxygen atoms in total. The molecule has 3 aromatic heterocycles. The van der Waals surface area contributed by atoms with E-state index in [1.807, 2.05) is 30.3 Å². The number of anilines is 2. The first-order chi connectivity index (χ1) is 19.1. The highest BCUT2D eigenvalue weighted by molar-refractivity contribution is 6.76. The van der Waals surface area contributed by atoms with E-state index in [1.165, 1.54) is 6.20 Å². The predicted molar refractivity (Wildman–Crippen MR) is 159 cm³/mol. The first-order valence-electron chi connectivity index (χ1n) is 13.7. The number of piperidine rings is 1. The lowest BCUT2D eigenvalue weighted by atomic mass is 9.89. The van der Waals surface area contributed by atoms with Crippen LogP contribution in [0.25, 0.3) is 21.8 Å². The molecule has 1 fully saturated rings. The van der Waals surface area contributed by atoms with Crippen LogP contribution in [0.5, 0.6) is 0 Å². The third-order valence-corrected chi connectivity index (χ3v) is 9.15. The van der Waals surface area contributed by atoms with E-state index in [1.54, 1.807) is 22.0 Å². The van der Waals surface area contributed by atoms with Crippen LogP contribution in [-0.2, 0) is 21.1 Å². The van der Waals surface area contributed by atoms with Crippen LogP contribution in [0.4, 0.5) is 11.5 Å². The number of nitrogen functional groups attached to an aromatic ring is 1. The minimum Gasteiger partial charge on any atom is -0.383 e. The van der Waals surface area contributed by atoms with Crippen molar-refractivity contribution >= 4 is 53.2 Å². The number of carbonyl (C=O) groups excluding carboxylic acids is 2. The Hall–Kier alpha value is -3.83. The SMILES string of the molecule is C[C@H]1CC[C@H](c2ccc3cccnc3c2)N(C(=O)C(=O)Nc2cnc(N)c3cnn(COCC[Si](C)(C)C)c23)C1. The van der Waals surface area contributed by atoms with Crippen molar-refractivity contribution in [3.8, 4) is 0 Å². The van der Waals surface area contributed by atoms with Gasteiger partial charge >= 0.3 is 11.8 Å². The highest BCUT2D eigenvalue weighted by Crippen LogP contribution is 2.35. The molecule has 0 spiro atoms. The molecule has 1 aliphatic heterocycles. The Labute approximate surface area is 234 Å². The van der Waals surface area contributed by atoms with E-state index in [9.17, 15) is 9.59 Å². The van der Waals surface area contributed by atoms with Crippen molar-refractivity contribution in [3.05, 3.63) is 54.5 Å². The Bertz CT molecular complexity index is 1550. The number of pyridine rings is 2. The van der Waals surface area contributed by atoms with Crippen LogP contribution < -0.4 is 11.1 Å². The molecule has 0 bridgehead atoms. The topological polar surface area (TPSA) is 128 Å². The zero-order valence-corrected chi connectivity index (χ0v) is 24.6.